The number of aliphatic hydroxyl groups is 1. The second-order valence-electron chi connectivity index (χ2n) is 5.26. The molecule has 1 aliphatic rings. The highest BCUT2D eigenvalue weighted by atomic mass is 16.5. The summed E-state index contributed by atoms with van der Waals surface area (Å²) in [5.41, 5.74) is 5.57. The molecule has 0 spiro atoms. The average molecular weight is 309 g/mol. The number of nitrogens with two attached hydrogens (primary N) is 1. The van der Waals surface area contributed by atoms with E-state index in [1.54, 1.807) is 32.4 Å². The standard InChI is InChI=1S/C15H23N3O4/c1-10-15(19,6-7-22-10)9-17-14(16)18-12-8-11(20-2)4-5-13(12)21-3/h4-5,8,10,19H,6-7,9H2,1-3H3,(H3,16,17,18). The Morgan fingerprint density at radius 2 is 2.27 bits per heavy atom. The van der Waals surface area contributed by atoms with Crippen LogP contribution in [-0.2, 0) is 4.74 Å². The second-order valence-corrected chi connectivity index (χ2v) is 5.26. The molecule has 1 aromatic carbocycles. The average Bonchev–Trinajstić information content (AvgIpc) is 2.85. The lowest BCUT2D eigenvalue weighted by atomic mass is 9.97. The van der Waals surface area contributed by atoms with Crippen molar-refractivity contribution < 1.29 is 19.3 Å². The van der Waals surface area contributed by atoms with Crippen molar-refractivity contribution in [3.05, 3.63) is 18.2 Å². The summed E-state index contributed by atoms with van der Waals surface area (Å²) in [6.45, 7) is 2.54. The van der Waals surface area contributed by atoms with E-state index in [4.69, 9.17) is 19.9 Å². The highest BCUT2D eigenvalue weighted by Gasteiger charge is 2.39. The lowest BCUT2D eigenvalue weighted by Crippen LogP contribution is -2.40. The number of benzene rings is 1. The maximum Gasteiger partial charge on any atom is 0.193 e. The second kappa shape index (κ2) is 6.85. The number of hydrogen-bond donors (Lipinski definition) is 3. The molecule has 2 atom stereocenters. The Morgan fingerprint density at radius 1 is 1.50 bits per heavy atom. The minimum atomic E-state index is -0.967. The first-order valence-corrected chi connectivity index (χ1v) is 7.11. The first-order chi connectivity index (χ1) is 10.5. The zero-order valence-corrected chi connectivity index (χ0v) is 13.1. The minimum Gasteiger partial charge on any atom is -0.497 e. The summed E-state index contributed by atoms with van der Waals surface area (Å²) >= 11 is 0. The van der Waals surface area contributed by atoms with Gasteiger partial charge in [-0.1, -0.05) is 0 Å². The molecule has 2 unspecified atom stereocenters. The normalized spacial score (nSPS) is 25.1. The molecule has 0 aliphatic carbocycles. The first-order valence-electron chi connectivity index (χ1n) is 7.11. The molecule has 0 radical (unpaired) electrons. The Balaban J connectivity index is 2.08. The van der Waals surface area contributed by atoms with Crippen molar-refractivity contribution in [2.45, 2.75) is 25.0 Å². The molecule has 1 fully saturated rings. The molecule has 1 aliphatic heterocycles. The van der Waals surface area contributed by atoms with Gasteiger partial charge in [0.05, 0.1) is 32.6 Å². The van der Waals surface area contributed by atoms with Gasteiger partial charge in [-0.15, -0.1) is 0 Å². The first kappa shape index (κ1) is 16.4. The molecule has 1 heterocycles. The molecule has 7 nitrogen and oxygen atoms in total. The van der Waals surface area contributed by atoms with Gasteiger partial charge < -0.3 is 30.4 Å². The Bertz CT molecular complexity index is 550. The van der Waals surface area contributed by atoms with Gasteiger partial charge in [0, 0.05) is 19.1 Å². The summed E-state index contributed by atoms with van der Waals surface area (Å²) in [6.07, 6.45) is 0.295. The lowest BCUT2D eigenvalue weighted by molar-refractivity contribution is -0.0201. The third kappa shape index (κ3) is 3.61. The summed E-state index contributed by atoms with van der Waals surface area (Å²) in [7, 11) is 3.15. The van der Waals surface area contributed by atoms with Crippen LogP contribution in [0, 0.1) is 0 Å². The minimum absolute atomic E-state index is 0.180. The van der Waals surface area contributed by atoms with Crippen LogP contribution in [0.4, 0.5) is 5.69 Å². The summed E-state index contributed by atoms with van der Waals surface area (Å²) < 4.78 is 15.8. The van der Waals surface area contributed by atoms with E-state index in [1.807, 2.05) is 6.92 Å². The van der Waals surface area contributed by atoms with E-state index in [0.29, 0.717) is 30.2 Å². The molecule has 7 heteroatoms. The maximum atomic E-state index is 10.4. The summed E-state index contributed by atoms with van der Waals surface area (Å²) in [5, 5.41) is 13.4. The summed E-state index contributed by atoms with van der Waals surface area (Å²) in [5.74, 6) is 1.49. The monoisotopic (exact) mass is 309 g/mol. The van der Waals surface area contributed by atoms with Crippen molar-refractivity contribution in [3.8, 4) is 11.5 Å². The van der Waals surface area contributed by atoms with Gasteiger partial charge in [0.25, 0.3) is 0 Å². The highest BCUT2D eigenvalue weighted by Crippen LogP contribution is 2.29. The SMILES string of the molecule is COc1ccc(OC)c(NC(N)=NCC2(O)CCOC2C)c1. The lowest BCUT2D eigenvalue weighted by Gasteiger charge is -2.23. The Labute approximate surface area is 130 Å². The molecular weight excluding hydrogens is 286 g/mol. The summed E-state index contributed by atoms with van der Waals surface area (Å²) in [4.78, 5) is 4.21. The van der Waals surface area contributed by atoms with E-state index in [2.05, 4.69) is 10.3 Å². The molecule has 4 N–H and O–H groups in total. The van der Waals surface area contributed by atoms with Crippen molar-refractivity contribution in [2.24, 2.45) is 10.7 Å². The number of rotatable bonds is 5. The fourth-order valence-electron chi connectivity index (χ4n) is 2.29. The molecule has 22 heavy (non-hydrogen) atoms. The van der Waals surface area contributed by atoms with Gasteiger partial charge in [0.15, 0.2) is 5.96 Å². The number of methoxy groups -OCH3 is 2. The van der Waals surface area contributed by atoms with Crippen LogP contribution in [0.3, 0.4) is 0 Å². The molecule has 1 saturated heterocycles. The fraction of sp³-hybridized carbons (Fsp3) is 0.533. The van der Waals surface area contributed by atoms with Gasteiger partial charge in [-0.2, -0.15) is 0 Å². The van der Waals surface area contributed by atoms with E-state index in [-0.39, 0.29) is 18.6 Å². The Hall–Kier alpha value is -1.99. The van der Waals surface area contributed by atoms with E-state index >= 15 is 0 Å². The van der Waals surface area contributed by atoms with Crippen molar-refractivity contribution in [3.63, 3.8) is 0 Å². The molecular formula is C15H23N3O4. The summed E-state index contributed by atoms with van der Waals surface area (Å²) in [6, 6.07) is 5.32. The molecule has 122 valence electrons. The predicted octanol–water partition coefficient (Wildman–Crippen LogP) is 0.970. The van der Waals surface area contributed by atoms with Crippen molar-refractivity contribution >= 4 is 11.6 Å². The molecule has 0 aromatic heterocycles. The number of hydrogen-bond acceptors (Lipinski definition) is 5. The topological polar surface area (TPSA) is 98.3 Å². The number of nitrogens with one attached hydrogen (secondary N) is 1. The van der Waals surface area contributed by atoms with Crippen LogP contribution in [0.25, 0.3) is 0 Å². The van der Waals surface area contributed by atoms with Crippen LogP contribution in [0.2, 0.25) is 0 Å². The van der Waals surface area contributed by atoms with Gasteiger partial charge >= 0.3 is 0 Å². The van der Waals surface area contributed by atoms with Gasteiger partial charge in [-0.3, -0.25) is 4.99 Å². The van der Waals surface area contributed by atoms with Gasteiger partial charge in [0.1, 0.15) is 17.1 Å². The van der Waals surface area contributed by atoms with Crippen LogP contribution in [0.15, 0.2) is 23.2 Å². The predicted molar refractivity (Wildman–Crippen MR) is 84.6 cm³/mol. The third-order valence-corrected chi connectivity index (χ3v) is 3.85. The van der Waals surface area contributed by atoms with E-state index in [0.717, 1.165) is 0 Å². The van der Waals surface area contributed by atoms with Crippen LogP contribution >= 0.6 is 0 Å². The molecule has 2 rings (SSSR count). The molecule has 1 aromatic rings. The van der Waals surface area contributed by atoms with Crippen LogP contribution in [-0.4, -0.2) is 50.1 Å². The van der Waals surface area contributed by atoms with E-state index in [9.17, 15) is 5.11 Å². The van der Waals surface area contributed by atoms with Crippen LogP contribution in [0.5, 0.6) is 11.5 Å². The molecule has 0 amide bonds. The Morgan fingerprint density at radius 3 is 2.86 bits per heavy atom. The number of ether oxygens (including phenoxy) is 3. The quantitative estimate of drug-likeness (QED) is 0.554. The van der Waals surface area contributed by atoms with Crippen LogP contribution < -0.4 is 20.5 Å². The third-order valence-electron chi connectivity index (χ3n) is 3.85. The zero-order chi connectivity index (χ0) is 16.2. The van der Waals surface area contributed by atoms with Gasteiger partial charge in [0.2, 0.25) is 0 Å². The zero-order valence-electron chi connectivity index (χ0n) is 13.1. The van der Waals surface area contributed by atoms with Crippen molar-refractivity contribution in [1.82, 2.24) is 0 Å². The van der Waals surface area contributed by atoms with E-state index in [1.165, 1.54) is 0 Å². The number of guanidine groups is 1. The number of aliphatic imine (C=N–C) groups is 1. The number of anilines is 1. The van der Waals surface area contributed by atoms with Crippen LogP contribution in [0.1, 0.15) is 13.3 Å². The maximum absolute atomic E-state index is 10.4. The van der Waals surface area contributed by atoms with Crippen molar-refractivity contribution in [2.75, 3.05) is 32.7 Å². The number of nitrogens with zero attached hydrogens (tertiary/aromatic N) is 1. The van der Waals surface area contributed by atoms with Gasteiger partial charge in [-0.05, 0) is 19.1 Å². The Kier molecular flexibility index (Phi) is 5.10. The van der Waals surface area contributed by atoms with Crippen molar-refractivity contribution in [1.29, 1.82) is 0 Å². The largest absolute Gasteiger partial charge is 0.497 e. The van der Waals surface area contributed by atoms with E-state index < -0.39 is 5.60 Å². The highest BCUT2D eigenvalue weighted by molar-refractivity contribution is 5.94. The smallest absolute Gasteiger partial charge is 0.193 e. The molecule has 0 saturated carbocycles. The fourth-order valence-corrected chi connectivity index (χ4v) is 2.29. The molecule has 0 bridgehead atoms. The van der Waals surface area contributed by atoms with Gasteiger partial charge in [-0.25, -0.2) is 0 Å².